The monoisotopic (exact) mass is 373 g/mol. The molecular weight excluding hydrogens is 354 g/mol. The second kappa shape index (κ2) is 7.54. The maximum absolute atomic E-state index is 12.2. The van der Waals surface area contributed by atoms with Crippen LogP contribution in [0, 0.1) is 0 Å². The number of aromatic hydroxyl groups is 1. The van der Waals surface area contributed by atoms with E-state index in [4.69, 9.17) is 0 Å². The van der Waals surface area contributed by atoms with Gasteiger partial charge < -0.3 is 19.9 Å². The van der Waals surface area contributed by atoms with E-state index in [9.17, 15) is 15.0 Å². The molecule has 6 heteroatoms. The third-order valence-corrected chi connectivity index (χ3v) is 4.52. The van der Waals surface area contributed by atoms with E-state index in [1.54, 1.807) is 18.3 Å². The van der Waals surface area contributed by atoms with E-state index >= 15 is 0 Å². The molecule has 28 heavy (non-hydrogen) atoms. The lowest BCUT2D eigenvalue weighted by atomic mass is 10.1. The third-order valence-electron chi connectivity index (χ3n) is 4.52. The van der Waals surface area contributed by atoms with Gasteiger partial charge in [0.05, 0.1) is 5.69 Å². The zero-order valence-corrected chi connectivity index (χ0v) is 15.0. The predicted molar refractivity (Wildman–Crippen MR) is 105 cm³/mol. The van der Waals surface area contributed by atoms with Crippen molar-refractivity contribution in [3.8, 4) is 5.75 Å². The lowest BCUT2D eigenvalue weighted by Crippen LogP contribution is -2.22. The Bertz CT molecular complexity index is 1110. The zero-order chi connectivity index (χ0) is 19.5. The van der Waals surface area contributed by atoms with Crippen LogP contribution >= 0.6 is 0 Å². The Labute approximate surface area is 161 Å². The first-order chi connectivity index (χ1) is 13.6. The fraction of sp³-hybridized carbons (Fsp3) is 0.0909. The molecule has 0 spiro atoms. The summed E-state index contributed by atoms with van der Waals surface area (Å²) < 4.78 is 1.84. The number of pyridine rings is 1. The van der Waals surface area contributed by atoms with Crippen molar-refractivity contribution in [1.82, 2.24) is 14.7 Å². The lowest BCUT2D eigenvalue weighted by molar-refractivity contribution is 0.0951. The molecule has 140 valence electrons. The van der Waals surface area contributed by atoms with E-state index in [-0.39, 0.29) is 11.7 Å². The fourth-order valence-electron chi connectivity index (χ4n) is 2.99. The van der Waals surface area contributed by atoms with Crippen molar-refractivity contribution >= 4 is 11.6 Å². The summed E-state index contributed by atoms with van der Waals surface area (Å²) in [5.41, 5.74) is 3.42. The molecule has 0 radical (unpaired) electrons. The van der Waals surface area contributed by atoms with Crippen LogP contribution in [0.1, 0.15) is 33.3 Å². The summed E-state index contributed by atoms with van der Waals surface area (Å²) in [5, 5.41) is 22.7. The number of imidazole rings is 1. The van der Waals surface area contributed by atoms with E-state index in [0.717, 1.165) is 11.1 Å². The van der Waals surface area contributed by atoms with Gasteiger partial charge >= 0.3 is 0 Å². The van der Waals surface area contributed by atoms with Gasteiger partial charge in [0.25, 0.3) is 5.91 Å². The van der Waals surface area contributed by atoms with E-state index < -0.39 is 6.10 Å². The lowest BCUT2D eigenvalue weighted by Gasteiger charge is -2.06. The van der Waals surface area contributed by atoms with Crippen molar-refractivity contribution in [2.45, 2.75) is 12.6 Å². The number of amides is 1. The summed E-state index contributed by atoms with van der Waals surface area (Å²) in [7, 11) is 0. The minimum atomic E-state index is -0.793. The molecule has 2 aromatic heterocycles. The van der Waals surface area contributed by atoms with Crippen LogP contribution < -0.4 is 5.32 Å². The van der Waals surface area contributed by atoms with Gasteiger partial charge in [-0.15, -0.1) is 0 Å². The number of nitrogens with one attached hydrogen (secondary N) is 1. The van der Waals surface area contributed by atoms with Crippen LogP contribution in [0.15, 0.2) is 79.1 Å². The average Bonchev–Trinajstić information content (AvgIpc) is 3.16. The number of rotatable bonds is 5. The first-order valence-electron chi connectivity index (χ1n) is 8.88. The van der Waals surface area contributed by atoms with Gasteiger partial charge in [-0.05, 0) is 47.5 Å². The summed E-state index contributed by atoms with van der Waals surface area (Å²) in [5.74, 6) is -0.0989. The molecular formula is C22H19N3O3. The number of aliphatic hydroxyl groups excluding tert-OH is 1. The second-order valence-corrected chi connectivity index (χ2v) is 6.51. The molecule has 0 fully saturated rings. The highest BCUT2D eigenvalue weighted by Crippen LogP contribution is 2.21. The number of carbonyl (C=O) groups excluding carboxylic acids is 1. The number of aromatic nitrogens is 2. The van der Waals surface area contributed by atoms with Crippen LogP contribution in [-0.4, -0.2) is 25.5 Å². The standard InChI is InChI=1S/C22H19N3O3/c26-18-8-6-17(7-9-18)22(28)23-13-15-10-11-25-14-19(24-20(25)12-15)21(27)16-4-2-1-3-5-16/h1-12,14,21,26-27H,13H2,(H,23,28). The molecule has 0 saturated carbocycles. The van der Waals surface area contributed by atoms with Gasteiger partial charge in [0.15, 0.2) is 0 Å². The average molecular weight is 373 g/mol. The number of phenols is 1. The summed E-state index contributed by atoms with van der Waals surface area (Å²) in [6.45, 7) is 0.347. The fourth-order valence-corrected chi connectivity index (χ4v) is 2.99. The molecule has 4 aromatic rings. The Kier molecular flexibility index (Phi) is 4.78. The van der Waals surface area contributed by atoms with Crippen molar-refractivity contribution in [3.63, 3.8) is 0 Å². The molecule has 1 unspecified atom stereocenters. The molecule has 4 rings (SSSR count). The third kappa shape index (κ3) is 3.72. The highest BCUT2D eigenvalue weighted by Gasteiger charge is 2.14. The molecule has 0 saturated heterocycles. The molecule has 1 atom stereocenters. The highest BCUT2D eigenvalue weighted by atomic mass is 16.3. The van der Waals surface area contributed by atoms with Crippen molar-refractivity contribution in [1.29, 1.82) is 0 Å². The minimum absolute atomic E-state index is 0.120. The maximum atomic E-state index is 12.2. The predicted octanol–water partition coefficient (Wildman–Crippen LogP) is 3.05. The number of hydrogen-bond donors (Lipinski definition) is 3. The minimum Gasteiger partial charge on any atom is -0.508 e. The Morgan fingerprint density at radius 3 is 2.57 bits per heavy atom. The molecule has 3 N–H and O–H groups in total. The molecule has 2 heterocycles. The number of carbonyl (C=O) groups is 1. The number of hydrogen-bond acceptors (Lipinski definition) is 4. The van der Waals surface area contributed by atoms with Crippen molar-refractivity contribution < 1.29 is 15.0 Å². The largest absolute Gasteiger partial charge is 0.508 e. The molecule has 0 aliphatic rings. The van der Waals surface area contributed by atoms with Crippen LogP contribution in [0.25, 0.3) is 5.65 Å². The maximum Gasteiger partial charge on any atom is 0.251 e. The number of phenolic OH excluding ortho intramolecular Hbond substituents is 1. The first-order valence-corrected chi connectivity index (χ1v) is 8.88. The summed E-state index contributed by atoms with van der Waals surface area (Å²) >= 11 is 0. The van der Waals surface area contributed by atoms with Crippen LogP contribution in [0.2, 0.25) is 0 Å². The molecule has 2 aromatic carbocycles. The van der Waals surface area contributed by atoms with E-state index in [1.807, 2.05) is 53.1 Å². The number of fused-ring (bicyclic) bond motifs is 1. The molecule has 1 amide bonds. The SMILES string of the molecule is O=C(NCc1ccn2cc(C(O)c3ccccc3)nc2c1)c1ccc(O)cc1. The molecule has 0 aliphatic carbocycles. The Balaban J connectivity index is 1.48. The van der Waals surface area contributed by atoms with Gasteiger partial charge in [-0.2, -0.15) is 0 Å². The smallest absolute Gasteiger partial charge is 0.251 e. The van der Waals surface area contributed by atoms with Crippen LogP contribution in [-0.2, 0) is 6.54 Å². The summed E-state index contributed by atoms with van der Waals surface area (Å²) in [6.07, 6.45) is 2.86. The van der Waals surface area contributed by atoms with Gasteiger partial charge in [-0.25, -0.2) is 4.98 Å². The number of aliphatic hydroxyl groups is 1. The number of nitrogens with zero attached hydrogens (tertiary/aromatic N) is 2. The van der Waals surface area contributed by atoms with Crippen molar-refractivity contribution in [3.05, 3.63) is 102 Å². The van der Waals surface area contributed by atoms with Gasteiger partial charge in [0.2, 0.25) is 0 Å². The Morgan fingerprint density at radius 2 is 1.82 bits per heavy atom. The zero-order valence-electron chi connectivity index (χ0n) is 15.0. The van der Waals surface area contributed by atoms with Gasteiger partial charge in [-0.3, -0.25) is 4.79 Å². The van der Waals surface area contributed by atoms with E-state index in [2.05, 4.69) is 10.3 Å². The van der Waals surface area contributed by atoms with E-state index in [1.165, 1.54) is 12.1 Å². The van der Waals surface area contributed by atoms with Crippen molar-refractivity contribution in [2.75, 3.05) is 0 Å². The van der Waals surface area contributed by atoms with Gasteiger partial charge in [0.1, 0.15) is 17.5 Å². The van der Waals surface area contributed by atoms with Crippen LogP contribution in [0.5, 0.6) is 5.75 Å². The topological polar surface area (TPSA) is 86.9 Å². The normalized spacial score (nSPS) is 12.0. The Hall–Kier alpha value is -3.64. The van der Waals surface area contributed by atoms with Crippen LogP contribution in [0.4, 0.5) is 0 Å². The summed E-state index contributed by atoms with van der Waals surface area (Å²) in [4.78, 5) is 16.7. The number of benzene rings is 2. The first kappa shape index (κ1) is 17.8. The summed E-state index contributed by atoms with van der Waals surface area (Å²) in [6, 6.07) is 19.2. The highest BCUT2D eigenvalue weighted by molar-refractivity contribution is 5.94. The Morgan fingerprint density at radius 1 is 1.07 bits per heavy atom. The second-order valence-electron chi connectivity index (χ2n) is 6.51. The van der Waals surface area contributed by atoms with Crippen LogP contribution in [0.3, 0.4) is 0 Å². The van der Waals surface area contributed by atoms with Gasteiger partial charge in [-0.1, -0.05) is 30.3 Å². The van der Waals surface area contributed by atoms with Crippen molar-refractivity contribution in [2.24, 2.45) is 0 Å². The molecule has 6 nitrogen and oxygen atoms in total. The van der Waals surface area contributed by atoms with Gasteiger partial charge in [0, 0.05) is 24.5 Å². The van der Waals surface area contributed by atoms with E-state index in [0.29, 0.717) is 23.4 Å². The molecule has 0 bridgehead atoms. The molecule has 0 aliphatic heterocycles. The quantitative estimate of drug-likeness (QED) is 0.502.